The summed E-state index contributed by atoms with van der Waals surface area (Å²) in [7, 11) is 0. The highest BCUT2D eigenvalue weighted by molar-refractivity contribution is 7.00. The van der Waals surface area contributed by atoms with Gasteiger partial charge in [-0.15, -0.1) is 0 Å². The lowest BCUT2D eigenvalue weighted by molar-refractivity contribution is 0.0763. The van der Waals surface area contributed by atoms with E-state index in [4.69, 9.17) is 0 Å². The van der Waals surface area contributed by atoms with Gasteiger partial charge in [0.15, 0.2) is 0 Å². The van der Waals surface area contributed by atoms with Crippen molar-refractivity contribution in [2.24, 2.45) is 5.41 Å². The van der Waals surface area contributed by atoms with Crippen molar-refractivity contribution in [1.82, 2.24) is 0 Å². The minimum absolute atomic E-state index is 0.00517. The van der Waals surface area contributed by atoms with E-state index in [0.29, 0.717) is 5.92 Å². The molecule has 8 aromatic rings. The third kappa shape index (κ3) is 8.54. The van der Waals surface area contributed by atoms with Crippen molar-refractivity contribution in [3.63, 3.8) is 0 Å². The van der Waals surface area contributed by atoms with Gasteiger partial charge in [-0.1, -0.05) is 226 Å². The van der Waals surface area contributed by atoms with Gasteiger partial charge in [-0.2, -0.15) is 0 Å². The van der Waals surface area contributed by atoms with Crippen LogP contribution in [0.15, 0.2) is 158 Å². The molecule has 0 N–H and O–H groups in total. The van der Waals surface area contributed by atoms with E-state index < -0.39 is 0 Å². The molecule has 0 aromatic heterocycles. The molecule has 2 nitrogen and oxygen atoms in total. The van der Waals surface area contributed by atoms with Gasteiger partial charge in [0.05, 0.1) is 11.4 Å². The maximum absolute atomic E-state index is 2.72. The Morgan fingerprint density at radius 3 is 1.51 bits per heavy atom. The normalized spacial score (nSPS) is 21.1. The largest absolute Gasteiger partial charge is 0.311 e. The Kier molecular flexibility index (Phi) is 12.5. The quantitative estimate of drug-likeness (QED) is 0.147. The van der Waals surface area contributed by atoms with Gasteiger partial charge in [0.25, 0.3) is 6.71 Å². The lowest BCUT2D eigenvalue weighted by Gasteiger charge is -2.49. The summed E-state index contributed by atoms with van der Waals surface area (Å²) in [5, 5.41) is 0. The van der Waals surface area contributed by atoms with E-state index >= 15 is 0 Å². The monoisotopic (exact) mass is 1080 g/mol. The van der Waals surface area contributed by atoms with E-state index in [0.717, 1.165) is 19.3 Å². The van der Waals surface area contributed by atoms with Gasteiger partial charge in [-0.25, -0.2) is 0 Å². The second-order valence-corrected chi connectivity index (χ2v) is 30.9. The van der Waals surface area contributed by atoms with E-state index in [9.17, 15) is 0 Å². The van der Waals surface area contributed by atoms with E-state index in [1.165, 1.54) is 137 Å². The van der Waals surface area contributed by atoms with Crippen molar-refractivity contribution < 1.29 is 0 Å². The van der Waals surface area contributed by atoms with Crippen LogP contribution in [0.3, 0.4) is 0 Å². The molecular formula is C79H89BN2. The molecule has 5 aliphatic rings. The van der Waals surface area contributed by atoms with Crippen molar-refractivity contribution in [2.45, 2.75) is 194 Å². The molecule has 1 saturated carbocycles. The lowest BCUT2D eigenvalue weighted by Crippen LogP contribution is -2.61. The fraction of sp³-hybridized carbons (Fsp3) is 0.392. The van der Waals surface area contributed by atoms with E-state index in [2.05, 4.69) is 278 Å². The van der Waals surface area contributed by atoms with Crippen LogP contribution >= 0.6 is 0 Å². The summed E-state index contributed by atoms with van der Waals surface area (Å²) in [6.07, 6.45) is 8.48. The minimum atomic E-state index is -0.0351. The summed E-state index contributed by atoms with van der Waals surface area (Å²) in [5.41, 5.74) is 30.3. The van der Waals surface area contributed by atoms with Crippen LogP contribution in [-0.4, -0.2) is 6.71 Å². The summed E-state index contributed by atoms with van der Waals surface area (Å²) in [6.45, 7) is 38.9. The fourth-order valence-electron chi connectivity index (χ4n) is 16.9. The van der Waals surface area contributed by atoms with Crippen LogP contribution in [0, 0.1) is 12.3 Å². The Balaban J connectivity index is 1.07. The fourth-order valence-corrected chi connectivity index (χ4v) is 16.9. The molecule has 418 valence electrons. The molecule has 1 fully saturated rings. The van der Waals surface area contributed by atoms with Crippen LogP contribution in [0.5, 0.6) is 0 Å². The predicted octanol–water partition coefficient (Wildman–Crippen LogP) is 19.8. The van der Waals surface area contributed by atoms with Crippen LogP contribution in [-0.2, 0) is 38.9 Å². The first-order chi connectivity index (χ1) is 38.7. The average Bonchev–Trinajstić information content (AvgIpc) is 1.63. The van der Waals surface area contributed by atoms with Gasteiger partial charge in [0.2, 0.25) is 0 Å². The van der Waals surface area contributed by atoms with Gasteiger partial charge in [0.1, 0.15) is 0 Å². The third-order valence-corrected chi connectivity index (χ3v) is 21.4. The molecule has 0 amide bonds. The number of hydrogen-bond donors (Lipinski definition) is 0. The zero-order valence-electron chi connectivity index (χ0n) is 52.5. The zero-order chi connectivity index (χ0) is 57.8. The maximum Gasteiger partial charge on any atom is 0.252 e. The Labute approximate surface area is 493 Å². The maximum atomic E-state index is 2.72. The Morgan fingerprint density at radius 2 is 0.963 bits per heavy atom. The molecule has 13 rings (SSSR count). The van der Waals surface area contributed by atoms with Gasteiger partial charge < -0.3 is 9.80 Å². The average molecular weight is 1080 g/mol. The molecule has 82 heavy (non-hydrogen) atoms. The van der Waals surface area contributed by atoms with E-state index in [-0.39, 0.29) is 44.6 Å². The van der Waals surface area contributed by atoms with Gasteiger partial charge in [0, 0.05) is 33.9 Å². The minimum Gasteiger partial charge on any atom is -0.311 e. The van der Waals surface area contributed by atoms with Crippen LogP contribution < -0.4 is 26.2 Å². The molecule has 0 bridgehead atoms. The first kappa shape index (κ1) is 54.7. The molecule has 3 unspecified atom stereocenters. The molecule has 0 saturated heterocycles. The molecule has 2 heterocycles. The molecular weight excluding hydrogens is 988 g/mol. The number of rotatable bonds is 7. The Bertz CT molecular complexity index is 3860. The van der Waals surface area contributed by atoms with Crippen molar-refractivity contribution >= 4 is 57.2 Å². The SMILES string of the molecule is Cc1cc2c3c(c1)N(c1ccc(C(C)(C)C)cc1-c1ccccc1)c1cc4c(cc1B3c1ccc(CCC3c5ccc(C(C)(C)C)cc5C5(C)CCCCC35C)cc1N2c1ccc(C(C)(C)C)cc1-c1ccccc1)C(C)(C)CC4(C)C. The highest BCUT2D eigenvalue weighted by atomic mass is 15.2. The second kappa shape index (κ2) is 18.7. The topological polar surface area (TPSA) is 6.48 Å². The summed E-state index contributed by atoms with van der Waals surface area (Å²) in [4.78, 5) is 5.43. The first-order valence-corrected chi connectivity index (χ1v) is 31.3. The molecule has 3 heteroatoms. The van der Waals surface area contributed by atoms with Crippen LogP contribution in [0.2, 0.25) is 0 Å². The molecule has 3 atom stereocenters. The first-order valence-electron chi connectivity index (χ1n) is 31.3. The molecule has 8 aromatic carbocycles. The number of hydrogen-bond acceptors (Lipinski definition) is 2. The summed E-state index contributed by atoms with van der Waals surface area (Å²) in [5.74, 6) is 0.499. The van der Waals surface area contributed by atoms with Crippen molar-refractivity contribution in [3.8, 4) is 22.3 Å². The van der Waals surface area contributed by atoms with E-state index in [1.54, 1.807) is 11.1 Å². The van der Waals surface area contributed by atoms with Gasteiger partial charge in [-0.3, -0.25) is 0 Å². The lowest BCUT2D eigenvalue weighted by atomic mass is 9.33. The summed E-state index contributed by atoms with van der Waals surface area (Å²) >= 11 is 0. The molecule has 0 spiro atoms. The number of fused-ring (bicyclic) bond motifs is 8. The van der Waals surface area contributed by atoms with Crippen molar-refractivity contribution in [1.29, 1.82) is 0 Å². The van der Waals surface area contributed by atoms with Gasteiger partial charge >= 0.3 is 0 Å². The second-order valence-electron chi connectivity index (χ2n) is 30.9. The van der Waals surface area contributed by atoms with E-state index in [1.807, 2.05) is 0 Å². The van der Waals surface area contributed by atoms with Crippen molar-refractivity contribution in [3.05, 3.63) is 208 Å². The molecule has 0 radical (unpaired) electrons. The number of anilines is 6. The Hall–Kier alpha value is -6.58. The zero-order valence-corrected chi connectivity index (χ0v) is 52.5. The smallest absolute Gasteiger partial charge is 0.252 e. The highest BCUT2D eigenvalue weighted by Gasteiger charge is 2.58. The van der Waals surface area contributed by atoms with Crippen LogP contribution in [0.4, 0.5) is 34.1 Å². The number of aryl methyl sites for hydroxylation is 2. The predicted molar refractivity (Wildman–Crippen MR) is 354 cm³/mol. The third-order valence-electron chi connectivity index (χ3n) is 21.4. The highest BCUT2D eigenvalue weighted by Crippen LogP contribution is 2.66. The summed E-state index contributed by atoms with van der Waals surface area (Å²) in [6, 6.07) is 63.0. The number of benzene rings is 8. The number of nitrogens with zero attached hydrogens (tertiary/aromatic N) is 2. The molecule has 3 aliphatic carbocycles. The van der Waals surface area contributed by atoms with Crippen LogP contribution in [0.1, 0.15) is 198 Å². The standard InChI is InChI=1S/C79H89BN2/c1-50-41-70-72-71(42-50)82(67-38-33-55(74(5,6)7)45-59(67)53-27-21-18-22-28-53)69-48-63-62(76(11,12)49-77(63,13)14)47-65(69)80(72)64-36-30-51(43-68(64)81(70)66-37-32-54(73(2,3)4)44-58(66)52-25-19-17-20-26-52)29-35-60-57-34-31-56(75(8,9)10)46-61(57)79(16)40-24-23-39-78(60,79)15/h17-22,25-28,30-34,36-38,41-48,60H,23-24,29,35,39-40,49H2,1-16H3. The Morgan fingerprint density at radius 1 is 0.463 bits per heavy atom. The van der Waals surface area contributed by atoms with Gasteiger partial charge in [-0.05, 0) is 209 Å². The summed E-state index contributed by atoms with van der Waals surface area (Å²) < 4.78 is 0. The van der Waals surface area contributed by atoms with Crippen molar-refractivity contribution in [2.75, 3.05) is 9.80 Å². The van der Waals surface area contributed by atoms with Crippen LogP contribution in [0.25, 0.3) is 22.3 Å². The molecule has 2 aliphatic heterocycles.